The number of carboxylic acid groups (broad SMARTS) is 1. The van der Waals surface area contributed by atoms with Gasteiger partial charge in [0.2, 0.25) is 0 Å². The van der Waals surface area contributed by atoms with Crippen LogP contribution < -0.4 is 0 Å². The van der Waals surface area contributed by atoms with E-state index in [0.29, 0.717) is 18.4 Å². The maximum atomic E-state index is 13.5. The van der Waals surface area contributed by atoms with E-state index >= 15 is 0 Å². The highest BCUT2D eigenvalue weighted by atomic mass is 32.2. The molecule has 0 radical (unpaired) electrons. The molecule has 1 N–H and O–H groups in total. The van der Waals surface area contributed by atoms with Crippen LogP contribution in [0.25, 0.3) is 0 Å². The first-order valence-corrected chi connectivity index (χ1v) is 6.01. The molecule has 1 aromatic rings. The standard InChI is InChI=1S/C9H6F2O5S/c1-17(15,16)5-3-2-4(10)6(7(5)11)8(12)9(13)14/h2-3H,1H3,(H,13,14). The number of carbonyl (C=O) groups is 2. The van der Waals surface area contributed by atoms with Gasteiger partial charge in [-0.3, -0.25) is 4.79 Å². The minimum absolute atomic E-state index is 0.523. The van der Waals surface area contributed by atoms with Gasteiger partial charge in [0.05, 0.1) is 0 Å². The Balaban J connectivity index is 3.63. The van der Waals surface area contributed by atoms with Crippen LogP contribution in [0.1, 0.15) is 10.4 Å². The van der Waals surface area contributed by atoms with Crippen molar-refractivity contribution in [3.8, 4) is 0 Å². The molecule has 0 spiro atoms. The van der Waals surface area contributed by atoms with Crippen LogP contribution >= 0.6 is 0 Å². The molecule has 0 aliphatic rings. The number of Topliss-reactive ketones (excluding diaryl/α,β-unsaturated/α-hetero) is 1. The van der Waals surface area contributed by atoms with Gasteiger partial charge in [-0.15, -0.1) is 0 Å². The largest absolute Gasteiger partial charge is 0.475 e. The Kier molecular flexibility index (Phi) is 3.28. The Hall–Kier alpha value is -1.83. The average molecular weight is 264 g/mol. The molecule has 0 unspecified atom stereocenters. The molecule has 0 saturated heterocycles. The minimum atomic E-state index is -4.02. The van der Waals surface area contributed by atoms with Gasteiger partial charge in [-0.25, -0.2) is 22.0 Å². The van der Waals surface area contributed by atoms with Crippen molar-refractivity contribution in [3.05, 3.63) is 29.3 Å². The van der Waals surface area contributed by atoms with Crippen LogP contribution in [0.15, 0.2) is 17.0 Å². The molecule has 8 heteroatoms. The highest BCUT2D eigenvalue weighted by Crippen LogP contribution is 2.21. The van der Waals surface area contributed by atoms with Crippen LogP contribution in [0.4, 0.5) is 8.78 Å². The third-order valence-corrected chi connectivity index (χ3v) is 2.99. The van der Waals surface area contributed by atoms with Crippen molar-refractivity contribution in [2.24, 2.45) is 0 Å². The van der Waals surface area contributed by atoms with Crippen LogP contribution in [0.3, 0.4) is 0 Å². The topological polar surface area (TPSA) is 88.5 Å². The fraction of sp³-hybridized carbons (Fsp3) is 0.111. The third kappa shape index (κ3) is 2.47. The molecule has 17 heavy (non-hydrogen) atoms. The van der Waals surface area contributed by atoms with E-state index in [1.54, 1.807) is 0 Å². The number of carboxylic acids is 1. The summed E-state index contributed by atoms with van der Waals surface area (Å²) in [6.45, 7) is 0. The molecule has 0 atom stereocenters. The minimum Gasteiger partial charge on any atom is -0.475 e. The number of ketones is 1. The van der Waals surface area contributed by atoms with Crippen LogP contribution in [0, 0.1) is 11.6 Å². The van der Waals surface area contributed by atoms with Crippen molar-refractivity contribution < 1.29 is 31.9 Å². The summed E-state index contributed by atoms with van der Waals surface area (Å²) in [6, 6.07) is 1.15. The summed E-state index contributed by atoms with van der Waals surface area (Å²) in [5, 5.41) is 8.35. The maximum Gasteiger partial charge on any atom is 0.377 e. The monoisotopic (exact) mass is 264 g/mol. The summed E-state index contributed by atoms with van der Waals surface area (Å²) in [4.78, 5) is 20.4. The highest BCUT2D eigenvalue weighted by molar-refractivity contribution is 7.90. The van der Waals surface area contributed by atoms with E-state index in [1.807, 2.05) is 0 Å². The van der Waals surface area contributed by atoms with E-state index in [9.17, 15) is 26.8 Å². The first kappa shape index (κ1) is 13.2. The lowest BCUT2D eigenvalue weighted by molar-refractivity contribution is -0.131. The molecule has 0 aliphatic heterocycles. The molecule has 1 aromatic carbocycles. The normalized spacial score (nSPS) is 11.2. The first-order valence-electron chi connectivity index (χ1n) is 4.12. The summed E-state index contributed by atoms with van der Waals surface area (Å²) in [5.74, 6) is -7.04. The van der Waals surface area contributed by atoms with Crippen LogP contribution in [0.5, 0.6) is 0 Å². The Morgan fingerprint density at radius 2 is 1.76 bits per heavy atom. The van der Waals surface area contributed by atoms with Gasteiger partial charge in [0.25, 0.3) is 5.78 Å². The third-order valence-electron chi connectivity index (χ3n) is 1.88. The fourth-order valence-electron chi connectivity index (χ4n) is 1.13. The molecule has 0 heterocycles. The summed E-state index contributed by atoms with van der Waals surface area (Å²) >= 11 is 0. The Morgan fingerprint density at radius 1 is 1.24 bits per heavy atom. The Labute approximate surface area is 94.6 Å². The van der Waals surface area contributed by atoms with Crippen molar-refractivity contribution in [1.29, 1.82) is 0 Å². The lowest BCUT2D eigenvalue weighted by Gasteiger charge is -2.05. The van der Waals surface area contributed by atoms with Gasteiger partial charge in [0.1, 0.15) is 16.3 Å². The van der Waals surface area contributed by atoms with Crippen molar-refractivity contribution in [2.45, 2.75) is 4.90 Å². The Morgan fingerprint density at radius 3 is 2.18 bits per heavy atom. The summed E-state index contributed by atoms with van der Waals surface area (Å²) in [5.41, 5.74) is -1.39. The number of sulfone groups is 1. The van der Waals surface area contributed by atoms with E-state index in [-0.39, 0.29) is 0 Å². The van der Waals surface area contributed by atoms with E-state index < -0.39 is 43.7 Å². The lowest BCUT2D eigenvalue weighted by Crippen LogP contribution is -2.18. The van der Waals surface area contributed by atoms with Crippen molar-refractivity contribution in [3.63, 3.8) is 0 Å². The first-order chi connectivity index (χ1) is 7.66. The molecule has 5 nitrogen and oxygen atoms in total. The number of aliphatic carboxylic acids is 1. The zero-order chi connectivity index (χ0) is 13.4. The van der Waals surface area contributed by atoms with Crippen molar-refractivity contribution >= 4 is 21.6 Å². The zero-order valence-electron chi connectivity index (χ0n) is 8.40. The molecule has 92 valence electrons. The van der Waals surface area contributed by atoms with E-state index in [4.69, 9.17) is 5.11 Å². The van der Waals surface area contributed by atoms with Crippen LogP contribution in [-0.4, -0.2) is 31.5 Å². The smallest absolute Gasteiger partial charge is 0.377 e. The number of carbonyl (C=O) groups excluding carboxylic acids is 1. The number of benzene rings is 1. The van der Waals surface area contributed by atoms with Gasteiger partial charge < -0.3 is 5.11 Å². The lowest BCUT2D eigenvalue weighted by atomic mass is 10.1. The van der Waals surface area contributed by atoms with Gasteiger partial charge in [0, 0.05) is 6.26 Å². The van der Waals surface area contributed by atoms with Gasteiger partial charge in [-0.05, 0) is 12.1 Å². The fourth-order valence-corrected chi connectivity index (χ4v) is 1.88. The average Bonchev–Trinajstić information content (AvgIpc) is 2.14. The molecular formula is C9H6F2O5S. The van der Waals surface area contributed by atoms with Gasteiger partial charge in [0.15, 0.2) is 15.7 Å². The van der Waals surface area contributed by atoms with Crippen molar-refractivity contribution in [1.82, 2.24) is 0 Å². The molecular weight excluding hydrogens is 258 g/mol. The van der Waals surface area contributed by atoms with Gasteiger partial charge in [-0.1, -0.05) is 0 Å². The van der Waals surface area contributed by atoms with Gasteiger partial charge >= 0.3 is 5.97 Å². The van der Waals surface area contributed by atoms with Crippen LogP contribution in [0.2, 0.25) is 0 Å². The predicted molar refractivity (Wildman–Crippen MR) is 51.4 cm³/mol. The second kappa shape index (κ2) is 4.21. The maximum absolute atomic E-state index is 13.5. The second-order valence-corrected chi connectivity index (χ2v) is 5.13. The highest BCUT2D eigenvalue weighted by Gasteiger charge is 2.28. The second-order valence-electron chi connectivity index (χ2n) is 3.14. The zero-order valence-corrected chi connectivity index (χ0v) is 9.22. The molecule has 0 fully saturated rings. The molecule has 1 rings (SSSR count). The number of hydrogen-bond acceptors (Lipinski definition) is 4. The van der Waals surface area contributed by atoms with Crippen LogP contribution in [-0.2, 0) is 14.6 Å². The van der Waals surface area contributed by atoms with Crippen molar-refractivity contribution in [2.75, 3.05) is 6.26 Å². The molecule has 0 aromatic heterocycles. The number of hydrogen-bond donors (Lipinski definition) is 1. The number of rotatable bonds is 3. The predicted octanol–water partition coefficient (Wildman–Crippen LogP) is 0.636. The summed E-state index contributed by atoms with van der Waals surface area (Å²) in [6.07, 6.45) is 0.651. The Bertz CT molecular complexity index is 606. The quantitative estimate of drug-likeness (QED) is 0.491. The molecule has 0 aliphatic carbocycles. The summed E-state index contributed by atoms with van der Waals surface area (Å²) in [7, 11) is -4.02. The number of halogens is 2. The summed E-state index contributed by atoms with van der Waals surface area (Å²) < 4.78 is 48.8. The molecule has 0 amide bonds. The molecule has 0 bridgehead atoms. The molecule has 0 saturated carbocycles. The van der Waals surface area contributed by atoms with E-state index in [2.05, 4.69) is 0 Å². The van der Waals surface area contributed by atoms with Gasteiger partial charge in [-0.2, -0.15) is 0 Å². The van der Waals surface area contributed by atoms with E-state index in [0.717, 1.165) is 0 Å². The van der Waals surface area contributed by atoms with E-state index in [1.165, 1.54) is 0 Å². The SMILES string of the molecule is CS(=O)(=O)c1ccc(F)c(C(=O)C(=O)O)c1F.